The first kappa shape index (κ1) is 78.7. The van der Waals surface area contributed by atoms with Crippen LogP contribution >= 0.6 is 0 Å². The van der Waals surface area contributed by atoms with E-state index in [1.165, 1.54) is 0 Å². The van der Waals surface area contributed by atoms with Crippen molar-refractivity contribution in [3.8, 4) is 57.5 Å². The van der Waals surface area contributed by atoms with Crippen LogP contribution in [0.2, 0.25) is 0 Å². The summed E-state index contributed by atoms with van der Waals surface area (Å²) in [6.07, 6.45) is 10.8. The second-order valence-corrected chi connectivity index (χ2v) is 28.1. The summed E-state index contributed by atoms with van der Waals surface area (Å²) in [5, 5.41) is 7.72. The number of ether oxygens (including phenoxy) is 10. The lowest BCUT2D eigenvalue weighted by Gasteiger charge is -2.24. The molecule has 10 bridgehead atoms. The molecule has 0 amide bonds. The van der Waals surface area contributed by atoms with Crippen LogP contribution in [0, 0.1) is 47.3 Å². The third-order valence-electron chi connectivity index (χ3n) is 19.3. The zero-order valence-corrected chi connectivity index (χ0v) is 62.2. The van der Waals surface area contributed by atoms with Gasteiger partial charge in [-0.1, -0.05) is 172 Å². The molecule has 10 aliphatic rings. The molecular formula is C81H120N6O10. The summed E-state index contributed by atoms with van der Waals surface area (Å²) in [6, 6.07) is 21.8. The van der Waals surface area contributed by atoms with Crippen LogP contribution in [0.15, 0.2) is 70.9 Å². The fraction of sp³-hybridized carbons (Fsp3) is 0.630. The normalized spacial score (nSPS) is 14.6. The molecule has 0 aromatic heterocycles. The first-order valence-corrected chi connectivity index (χ1v) is 37.0. The summed E-state index contributed by atoms with van der Waals surface area (Å²) in [6.45, 7) is 40.8. The van der Waals surface area contributed by atoms with E-state index in [0.717, 1.165) is 153 Å². The summed E-state index contributed by atoms with van der Waals surface area (Å²) < 4.78 is 70.5. The molecule has 15 rings (SSSR count). The van der Waals surface area contributed by atoms with Gasteiger partial charge in [0.15, 0.2) is 0 Å². The average molecular weight is 1340 g/mol. The van der Waals surface area contributed by atoms with Crippen LogP contribution in [0.5, 0.6) is 57.5 Å². The van der Waals surface area contributed by atoms with Crippen LogP contribution in [-0.4, -0.2) is 79.2 Å². The molecule has 0 fully saturated rings. The molecule has 97 heavy (non-hydrogen) atoms. The van der Waals surface area contributed by atoms with Crippen LogP contribution < -0.4 is 47.4 Å². The Balaban J connectivity index is 1.83. The van der Waals surface area contributed by atoms with Gasteiger partial charge in [-0.05, 0) is 132 Å². The first-order valence-electron chi connectivity index (χ1n) is 37.0. The Hall–Kier alpha value is -7.28. The van der Waals surface area contributed by atoms with Gasteiger partial charge in [0.05, 0.1) is 66.1 Å². The number of azide groups is 2. The fourth-order valence-electron chi connectivity index (χ4n) is 10.5. The highest BCUT2D eigenvalue weighted by Gasteiger charge is 2.27. The van der Waals surface area contributed by atoms with Crippen molar-refractivity contribution in [3.63, 3.8) is 0 Å². The summed E-state index contributed by atoms with van der Waals surface area (Å²) in [4.78, 5) is 6.09. The molecule has 5 aromatic carbocycles. The topological polar surface area (TPSA) is 190 Å². The van der Waals surface area contributed by atoms with Crippen LogP contribution in [-0.2, 0) is 32.1 Å². The zero-order chi connectivity index (χ0) is 70.2. The number of rotatable bonds is 42. The fourth-order valence-corrected chi connectivity index (χ4v) is 10.5. The van der Waals surface area contributed by atoms with Gasteiger partial charge in [-0.2, -0.15) is 0 Å². The van der Waals surface area contributed by atoms with E-state index in [1.54, 1.807) is 0 Å². The van der Waals surface area contributed by atoms with Gasteiger partial charge in [0.1, 0.15) is 57.5 Å². The Labute approximate surface area is 583 Å². The summed E-state index contributed by atoms with van der Waals surface area (Å²) >= 11 is 0. The van der Waals surface area contributed by atoms with Gasteiger partial charge < -0.3 is 47.4 Å². The molecule has 10 aliphatic carbocycles. The second-order valence-electron chi connectivity index (χ2n) is 28.1. The van der Waals surface area contributed by atoms with Gasteiger partial charge in [-0.25, -0.2) is 0 Å². The average Bonchev–Trinajstić information content (AvgIpc) is 1.10. The highest BCUT2D eigenvalue weighted by molar-refractivity contribution is 5.60. The van der Waals surface area contributed by atoms with Crippen molar-refractivity contribution in [1.82, 2.24) is 0 Å². The molecule has 0 N–H and O–H groups in total. The lowest BCUT2D eigenvalue weighted by atomic mass is 9.94. The lowest BCUT2D eigenvalue weighted by Crippen LogP contribution is -2.14. The summed E-state index contributed by atoms with van der Waals surface area (Å²) in [7, 11) is 0. The predicted octanol–water partition coefficient (Wildman–Crippen LogP) is 21.5. The van der Waals surface area contributed by atoms with E-state index in [4.69, 9.17) is 47.4 Å². The van der Waals surface area contributed by atoms with Crippen LogP contribution in [0.4, 0.5) is 0 Å². The second kappa shape index (κ2) is 41.9. The van der Waals surface area contributed by atoms with Crippen molar-refractivity contribution in [2.75, 3.05) is 79.2 Å². The van der Waals surface area contributed by atoms with E-state index in [1.807, 2.05) is 0 Å². The van der Waals surface area contributed by atoms with E-state index in [0.29, 0.717) is 146 Å². The highest BCUT2D eigenvalue weighted by atomic mass is 16.5. The van der Waals surface area contributed by atoms with E-state index < -0.39 is 0 Å². The molecule has 8 atom stereocenters. The van der Waals surface area contributed by atoms with Crippen LogP contribution in [0.1, 0.15) is 231 Å². The highest BCUT2D eigenvalue weighted by Crippen LogP contribution is 2.44. The minimum Gasteiger partial charge on any atom is -0.493 e. The Morgan fingerprint density at radius 1 is 0.268 bits per heavy atom. The van der Waals surface area contributed by atoms with Crippen molar-refractivity contribution in [3.05, 3.63) is 137 Å². The Morgan fingerprint density at radius 3 is 0.546 bits per heavy atom. The molecule has 0 saturated carbocycles. The molecular weight excluding hydrogens is 1220 g/mol. The molecule has 0 aliphatic heterocycles. The maximum absolute atomic E-state index is 9.30. The molecule has 0 saturated heterocycles. The third-order valence-corrected chi connectivity index (χ3v) is 19.3. The molecule has 0 spiro atoms. The van der Waals surface area contributed by atoms with Crippen molar-refractivity contribution in [2.24, 2.45) is 57.6 Å². The van der Waals surface area contributed by atoms with E-state index in [2.05, 4.69) is 191 Å². The minimum atomic E-state index is 0.272. The molecule has 5 aromatic rings. The van der Waals surface area contributed by atoms with Gasteiger partial charge in [-0.3, -0.25) is 0 Å². The smallest absolute Gasteiger partial charge is 0.123 e. The van der Waals surface area contributed by atoms with Crippen molar-refractivity contribution in [2.45, 2.75) is 207 Å². The third kappa shape index (κ3) is 25.2. The molecule has 0 heterocycles. The van der Waals surface area contributed by atoms with Crippen molar-refractivity contribution >= 4 is 0 Å². The van der Waals surface area contributed by atoms with Gasteiger partial charge in [0, 0.05) is 111 Å². The lowest BCUT2D eigenvalue weighted by molar-refractivity contribution is 0.243. The molecule has 16 nitrogen and oxygen atoms in total. The summed E-state index contributed by atoms with van der Waals surface area (Å²) in [5.74, 6) is 9.77. The van der Waals surface area contributed by atoms with Crippen molar-refractivity contribution < 1.29 is 47.4 Å². The quantitative estimate of drug-likeness (QED) is 0.0154. The molecule has 534 valence electrons. The Kier molecular flexibility index (Phi) is 34.0. The van der Waals surface area contributed by atoms with Crippen LogP contribution in [0.25, 0.3) is 20.9 Å². The van der Waals surface area contributed by atoms with Crippen LogP contribution in [0.3, 0.4) is 0 Å². The maximum atomic E-state index is 9.30. The molecule has 2 unspecified atom stereocenters. The minimum absolute atomic E-state index is 0.272. The molecule has 16 heteroatoms. The first-order chi connectivity index (χ1) is 46.9. The predicted molar refractivity (Wildman–Crippen MR) is 394 cm³/mol. The van der Waals surface area contributed by atoms with E-state index in [-0.39, 0.29) is 36.8 Å². The number of nitrogens with zero attached hydrogens (tertiary/aromatic N) is 6. The SMILES string of the molecule is CCC(C)COc1cc2c(OC[C@@H](C)CC)cc1Cc1cc(OC[C@@H](C)CC)c(cc1OC[C@@H](C)CC)Cc1cc(OCCCN=[N+]=[N-])c(cc1OCCCN=[N+]=[N-])Cc1cc(OC[C@@H](C)CC)c(cc1OC[C@@H](C)CC)Cc1cc(OCC(C)CC)c(cc1OC[C@@H](C)CC)C2. The van der Waals surface area contributed by atoms with E-state index >= 15 is 0 Å². The zero-order valence-electron chi connectivity index (χ0n) is 62.2. The number of hydrogen-bond acceptors (Lipinski definition) is 12. The number of benzene rings is 5. The van der Waals surface area contributed by atoms with Gasteiger partial charge in [0.2, 0.25) is 0 Å². The van der Waals surface area contributed by atoms with Gasteiger partial charge in [-0.15, -0.1) is 0 Å². The van der Waals surface area contributed by atoms with Gasteiger partial charge in [0.25, 0.3) is 0 Å². The standard InChI is InChI=1S/C81H120N6O10/c1-17-54(9)46-90-74-40-66-33-68-42-80(96-52-60(15)23-7)70(44-78(68)94-50-58(13)21-5)35-71-45-79(95-51-59(14)22-6)69(43-81(71)97-53-61(16)24-8)34-67-41-75(91-47-55(10)18-2)65(39-77(67)93-49-57(12)20-4)32-63-37-72(88-29-25-27-84-86-82)62(36-73(63)89-30-26-28-85-87-83)31-64(74)38-76(66)92-48-56(11)19-3/h36-45,54-61H,17-35,46-53H2,1-16H3/t54-,55-,56-,57-,58-,59?,60?,61-/m0/s1. The monoisotopic (exact) mass is 1340 g/mol. The van der Waals surface area contributed by atoms with E-state index in [9.17, 15) is 11.1 Å². The summed E-state index contributed by atoms with van der Waals surface area (Å²) in [5.41, 5.74) is 28.0. The van der Waals surface area contributed by atoms with Crippen molar-refractivity contribution in [1.29, 1.82) is 0 Å². The Morgan fingerprint density at radius 2 is 0.412 bits per heavy atom. The molecule has 0 radical (unpaired) electrons. The largest absolute Gasteiger partial charge is 0.493 e. The Bertz CT molecular complexity index is 3090. The maximum Gasteiger partial charge on any atom is 0.123 e. The van der Waals surface area contributed by atoms with Gasteiger partial charge >= 0.3 is 0 Å². The number of hydrogen-bond donors (Lipinski definition) is 0.